The minimum atomic E-state index is -4.26. The van der Waals surface area contributed by atoms with Gasteiger partial charge >= 0.3 is 6.18 Å². The van der Waals surface area contributed by atoms with Crippen LogP contribution in [0.5, 0.6) is 0 Å². The lowest BCUT2D eigenvalue weighted by atomic mass is 9.76. The minimum Gasteiger partial charge on any atom is -0.322 e. The summed E-state index contributed by atoms with van der Waals surface area (Å²) in [5.74, 6) is 0. The first-order valence-electron chi connectivity index (χ1n) is 5.57. The lowest BCUT2D eigenvalue weighted by Crippen LogP contribution is -2.43. The highest BCUT2D eigenvalue weighted by Gasteiger charge is 2.50. The molecule has 0 unspecified atom stereocenters. The monoisotopic (exact) mass is 323 g/mol. The van der Waals surface area contributed by atoms with Gasteiger partial charge in [-0.05, 0) is 31.0 Å². The van der Waals surface area contributed by atoms with Crippen LogP contribution in [-0.4, -0.2) is 6.18 Å². The number of hydrogen-bond donors (Lipinski definition) is 1. The Bertz CT molecular complexity index is 407. The van der Waals surface area contributed by atoms with Crippen molar-refractivity contribution in [3.05, 3.63) is 34.3 Å². The second-order valence-corrected chi connectivity index (χ2v) is 6.40. The van der Waals surface area contributed by atoms with E-state index in [1.807, 2.05) is 0 Å². The summed E-state index contributed by atoms with van der Waals surface area (Å²) in [5.41, 5.74) is 3.92. The molecule has 0 radical (unpaired) electrons. The van der Waals surface area contributed by atoms with Crippen molar-refractivity contribution in [2.24, 2.45) is 11.1 Å². The molecule has 0 amide bonds. The molecular formula is C13H17BrF3N. The highest BCUT2D eigenvalue weighted by Crippen LogP contribution is 2.44. The first-order chi connectivity index (χ1) is 7.96. The van der Waals surface area contributed by atoms with E-state index >= 15 is 0 Å². The van der Waals surface area contributed by atoms with Crippen LogP contribution < -0.4 is 5.73 Å². The van der Waals surface area contributed by atoms with E-state index in [2.05, 4.69) is 15.9 Å². The zero-order chi connectivity index (χ0) is 14.2. The Hall–Kier alpha value is -0.550. The normalized spacial score (nSPS) is 16.4. The molecule has 18 heavy (non-hydrogen) atoms. The van der Waals surface area contributed by atoms with Crippen LogP contribution in [-0.2, 0) is 5.54 Å². The molecule has 5 heteroatoms. The third kappa shape index (κ3) is 3.48. The van der Waals surface area contributed by atoms with Gasteiger partial charge in [-0.15, -0.1) is 0 Å². The molecule has 0 aliphatic heterocycles. The molecule has 0 bridgehead atoms. The van der Waals surface area contributed by atoms with Gasteiger partial charge in [-0.3, -0.25) is 0 Å². The predicted octanol–water partition coefficient (Wildman–Crippen LogP) is 4.60. The van der Waals surface area contributed by atoms with Crippen LogP contribution in [0.25, 0.3) is 0 Å². The van der Waals surface area contributed by atoms with Crippen LogP contribution in [0.15, 0.2) is 28.7 Å². The SMILES string of the molecule is CC(C)(C[C@@](C)(N)c1ccc(Br)cc1)C(F)(F)F. The Morgan fingerprint density at radius 3 is 1.89 bits per heavy atom. The van der Waals surface area contributed by atoms with Crippen LogP contribution in [0, 0.1) is 5.41 Å². The van der Waals surface area contributed by atoms with E-state index in [4.69, 9.17) is 5.73 Å². The molecule has 1 atom stereocenters. The molecule has 0 saturated heterocycles. The van der Waals surface area contributed by atoms with E-state index in [0.717, 1.165) is 4.47 Å². The van der Waals surface area contributed by atoms with Crippen LogP contribution in [0.4, 0.5) is 13.2 Å². The molecule has 0 aromatic heterocycles. The van der Waals surface area contributed by atoms with E-state index in [9.17, 15) is 13.2 Å². The molecule has 0 saturated carbocycles. The summed E-state index contributed by atoms with van der Waals surface area (Å²) in [6, 6.07) is 7.05. The van der Waals surface area contributed by atoms with Gasteiger partial charge < -0.3 is 5.73 Å². The molecule has 0 aliphatic rings. The molecule has 1 aromatic rings. The van der Waals surface area contributed by atoms with Gasteiger partial charge in [0.15, 0.2) is 0 Å². The number of alkyl halides is 3. The van der Waals surface area contributed by atoms with Crippen LogP contribution >= 0.6 is 15.9 Å². The van der Waals surface area contributed by atoms with Crippen molar-refractivity contribution in [1.29, 1.82) is 0 Å². The summed E-state index contributed by atoms with van der Waals surface area (Å²) < 4.78 is 39.5. The minimum absolute atomic E-state index is 0.162. The van der Waals surface area contributed by atoms with Gasteiger partial charge in [-0.25, -0.2) is 0 Å². The smallest absolute Gasteiger partial charge is 0.322 e. The number of rotatable bonds is 3. The Morgan fingerprint density at radius 1 is 1.06 bits per heavy atom. The van der Waals surface area contributed by atoms with Crippen molar-refractivity contribution in [1.82, 2.24) is 0 Å². The zero-order valence-electron chi connectivity index (χ0n) is 10.6. The number of halogens is 4. The number of hydrogen-bond acceptors (Lipinski definition) is 1. The van der Waals surface area contributed by atoms with Crippen LogP contribution in [0.2, 0.25) is 0 Å². The molecule has 0 aliphatic carbocycles. The predicted molar refractivity (Wildman–Crippen MR) is 70.1 cm³/mol. The zero-order valence-corrected chi connectivity index (χ0v) is 12.2. The fourth-order valence-electron chi connectivity index (χ4n) is 1.95. The molecule has 1 rings (SSSR count). The summed E-state index contributed by atoms with van der Waals surface area (Å²) in [5, 5.41) is 0. The largest absolute Gasteiger partial charge is 0.394 e. The Kier molecular flexibility index (Phi) is 4.18. The maximum absolute atomic E-state index is 12.9. The van der Waals surface area contributed by atoms with Gasteiger partial charge in [-0.1, -0.05) is 41.9 Å². The summed E-state index contributed by atoms with van der Waals surface area (Å²) in [7, 11) is 0. The topological polar surface area (TPSA) is 26.0 Å². The fourth-order valence-corrected chi connectivity index (χ4v) is 2.22. The van der Waals surface area contributed by atoms with Crippen molar-refractivity contribution in [3.63, 3.8) is 0 Å². The van der Waals surface area contributed by atoms with Gasteiger partial charge in [0.25, 0.3) is 0 Å². The molecule has 0 spiro atoms. The van der Waals surface area contributed by atoms with E-state index in [0.29, 0.717) is 5.56 Å². The Morgan fingerprint density at radius 2 is 1.50 bits per heavy atom. The van der Waals surface area contributed by atoms with E-state index in [1.54, 1.807) is 31.2 Å². The Balaban J connectivity index is 2.98. The van der Waals surface area contributed by atoms with Crippen LogP contribution in [0.1, 0.15) is 32.8 Å². The second-order valence-electron chi connectivity index (χ2n) is 5.48. The molecule has 0 fully saturated rings. The lowest BCUT2D eigenvalue weighted by molar-refractivity contribution is -0.218. The van der Waals surface area contributed by atoms with E-state index in [-0.39, 0.29) is 6.42 Å². The Labute approximate surface area is 114 Å². The van der Waals surface area contributed by atoms with Crippen molar-refractivity contribution >= 4 is 15.9 Å². The first kappa shape index (κ1) is 15.5. The average molecular weight is 324 g/mol. The molecule has 0 heterocycles. The third-order valence-electron chi connectivity index (χ3n) is 3.08. The molecule has 102 valence electrons. The lowest BCUT2D eigenvalue weighted by Gasteiger charge is -2.36. The van der Waals surface area contributed by atoms with Crippen molar-refractivity contribution in [2.45, 2.75) is 38.9 Å². The number of benzene rings is 1. The summed E-state index contributed by atoms with van der Waals surface area (Å²) in [6.45, 7) is 3.98. The highest BCUT2D eigenvalue weighted by molar-refractivity contribution is 9.10. The molecule has 1 aromatic carbocycles. The fraction of sp³-hybridized carbons (Fsp3) is 0.538. The quantitative estimate of drug-likeness (QED) is 0.864. The maximum atomic E-state index is 12.9. The van der Waals surface area contributed by atoms with Crippen LogP contribution in [0.3, 0.4) is 0 Å². The van der Waals surface area contributed by atoms with Crippen molar-refractivity contribution in [2.75, 3.05) is 0 Å². The first-order valence-corrected chi connectivity index (χ1v) is 6.37. The van der Waals surface area contributed by atoms with Crippen molar-refractivity contribution < 1.29 is 13.2 Å². The highest BCUT2D eigenvalue weighted by atomic mass is 79.9. The standard InChI is InChI=1S/C13H17BrF3N/c1-11(2,13(15,16)17)8-12(3,18)9-4-6-10(14)7-5-9/h4-7H,8,18H2,1-3H3/t12-/m1/s1. The second kappa shape index (κ2) is 4.85. The third-order valence-corrected chi connectivity index (χ3v) is 3.61. The van der Waals surface area contributed by atoms with Gasteiger partial charge in [0, 0.05) is 10.0 Å². The summed E-state index contributed by atoms with van der Waals surface area (Å²) in [6.07, 6.45) is -4.42. The van der Waals surface area contributed by atoms with Gasteiger partial charge in [0.2, 0.25) is 0 Å². The molecule has 1 nitrogen and oxygen atoms in total. The van der Waals surface area contributed by atoms with E-state index in [1.165, 1.54) is 13.8 Å². The number of nitrogens with two attached hydrogens (primary N) is 1. The van der Waals surface area contributed by atoms with E-state index < -0.39 is 17.1 Å². The summed E-state index contributed by atoms with van der Waals surface area (Å²) in [4.78, 5) is 0. The average Bonchev–Trinajstić information content (AvgIpc) is 2.14. The van der Waals surface area contributed by atoms with Gasteiger partial charge in [0.1, 0.15) is 0 Å². The van der Waals surface area contributed by atoms with Crippen molar-refractivity contribution in [3.8, 4) is 0 Å². The molecule has 2 N–H and O–H groups in total. The van der Waals surface area contributed by atoms with Gasteiger partial charge in [0.05, 0.1) is 5.41 Å². The molecular weight excluding hydrogens is 307 g/mol. The maximum Gasteiger partial charge on any atom is 0.394 e. The summed E-state index contributed by atoms with van der Waals surface area (Å²) >= 11 is 3.28. The van der Waals surface area contributed by atoms with Gasteiger partial charge in [-0.2, -0.15) is 13.2 Å².